The van der Waals surface area contributed by atoms with Crippen molar-refractivity contribution in [1.29, 1.82) is 0 Å². The third kappa shape index (κ3) is 4.12. The minimum atomic E-state index is 0. The van der Waals surface area contributed by atoms with Crippen LogP contribution in [0.2, 0.25) is 0 Å². The maximum absolute atomic E-state index is 12.8. The maximum atomic E-state index is 12.8. The van der Waals surface area contributed by atoms with Crippen molar-refractivity contribution in [2.45, 2.75) is 12.8 Å². The molecule has 0 spiro atoms. The average molecular weight is 331 g/mol. The molecule has 2 aromatic rings. The van der Waals surface area contributed by atoms with Gasteiger partial charge >= 0.3 is 0 Å². The summed E-state index contributed by atoms with van der Waals surface area (Å²) >= 11 is 0. The van der Waals surface area contributed by atoms with E-state index in [4.69, 9.17) is 5.73 Å². The molecule has 122 valence electrons. The Hall–Kier alpha value is -1.84. The predicted molar refractivity (Wildman–Crippen MR) is 96.0 cm³/mol. The van der Waals surface area contributed by atoms with Crippen LogP contribution in [-0.2, 0) is 6.42 Å². The van der Waals surface area contributed by atoms with E-state index in [1.165, 1.54) is 5.56 Å². The van der Waals surface area contributed by atoms with Crippen LogP contribution in [0.1, 0.15) is 27.9 Å². The van der Waals surface area contributed by atoms with Gasteiger partial charge in [-0.05, 0) is 42.5 Å². The summed E-state index contributed by atoms with van der Waals surface area (Å²) in [4.78, 5) is 14.8. The molecule has 0 saturated carbocycles. The standard InChI is InChI=1S/C19H22N2O.ClH/c20-13-16-10-11-21(14-16)19(22)18-9-5-4-8-17(18)12-15-6-2-1-3-7-15;/h1-9,16H,10-14,20H2;1H. The Kier molecular flexibility index (Phi) is 6.20. The van der Waals surface area contributed by atoms with Crippen LogP contribution >= 0.6 is 12.4 Å². The van der Waals surface area contributed by atoms with Gasteiger partial charge in [-0.1, -0.05) is 48.5 Å². The van der Waals surface area contributed by atoms with Crippen molar-refractivity contribution in [3.63, 3.8) is 0 Å². The molecule has 0 radical (unpaired) electrons. The second-order valence-corrected chi connectivity index (χ2v) is 5.96. The van der Waals surface area contributed by atoms with E-state index in [1.807, 2.05) is 41.3 Å². The molecule has 3 nitrogen and oxygen atoms in total. The van der Waals surface area contributed by atoms with Crippen LogP contribution in [0.4, 0.5) is 0 Å². The van der Waals surface area contributed by atoms with Gasteiger partial charge < -0.3 is 10.6 Å². The van der Waals surface area contributed by atoms with E-state index in [0.29, 0.717) is 12.5 Å². The topological polar surface area (TPSA) is 46.3 Å². The largest absolute Gasteiger partial charge is 0.338 e. The Morgan fingerprint density at radius 3 is 2.48 bits per heavy atom. The van der Waals surface area contributed by atoms with Crippen LogP contribution in [0, 0.1) is 5.92 Å². The lowest BCUT2D eigenvalue weighted by atomic mass is 9.99. The zero-order chi connectivity index (χ0) is 15.4. The first-order valence-corrected chi connectivity index (χ1v) is 7.89. The van der Waals surface area contributed by atoms with E-state index in [0.717, 1.165) is 37.1 Å². The molecule has 1 aliphatic heterocycles. The summed E-state index contributed by atoms with van der Waals surface area (Å²) < 4.78 is 0. The molecule has 0 aromatic heterocycles. The molecular weight excluding hydrogens is 308 g/mol. The zero-order valence-electron chi connectivity index (χ0n) is 13.2. The van der Waals surface area contributed by atoms with Crippen LogP contribution in [0.15, 0.2) is 54.6 Å². The first-order valence-electron chi connectivity index (χ1n) is 7.89. The van der Waals surface area contributed by atoms with Crippen LogP contribution < -0.4 is 5.73 Å². The number of carbonyl (C=O) groups excluding carboxylic acids is 1. The molecule has 1 amide bonds. The van der Waals surface area contributed by atoms with E-state index in [9.17, 15) is 4.79 Å². The lowest BCUT2D eigenvalue weighted by molar-refractivity contribution is 0.0786. The van der Waals surface area contributed by atoms with Crippen molar-refractivity contribution in [3.8, 4) is 0 Å². The van der Waals surface area contributed by atoms with Crippen LogP contribution in [0.5, 0.6) is 0 Å². The molecule has 1 fully saturated rings. The second kappa shape index (κ2) is 8.14. The third-order valence-electron chi connectivity index (χ3n) is 4.39. The Morgan fingerprint density at radius 1 is 1.09 bits per heavy atom. The SMILES string of the molecule is Cl.NCC1CCN(C(=O)c2ccccc2Cc2ccccc2)C1. The molecule has 1 unspecified atom stereocenters. The minimum Gasteiger partial charge on any atom is -0.338 e. The number of rotatable bonds is 4. The van der Waals surface area contributed by atoms with Gasteiger partial charge in [0.25, 0.3) is 5.91 Å². The smallest absolute Gasteiger partial charge is 0.254 e. The van der Waals surface area contributed by atoms with Crippen molar-refractivity contribution in [3.05, 3.63) is 71.3 Å². The molecule has 1 atom stereocenters. The van der Waals surface area contributed by atoms with Gasteiger partial charge in [0.05, 0.1) is 0 Å². The minimum absolute atomic E-state index is 0. The average Bonchev–Trinajstić information content (AvgIpc) is 3.05. The quantitative estimate of drug-likeness (QED) is 0.936. The van der Waals surface area contributed by atoms with Gasteiger partial charge in [0.1, 0.15) is 0 Å². The van der Waals surface area contributed by atoms with E-state index >= 15 is 0 Å². The summed E-state index contributed by atoms with van der Waals surface area (Å²) in [5.74, 6) is 0.590. The fraction of sp³-hybridized carbons (Fsp3) is 0.316. The fourth-order valence-corrected chi connectivity index (χ4v) is 3.08. The highest BCUT2D eigenvalue weighted by atomic mass is 35.5. The number of nitrogens with zero attached hydrogens (tertiary/aromatic N) is 1. The van der Waals surface area contributed by atoms with Crippen LogP contribution in [0.25, 0.3) is 0 Å². The molecule has 4 heteroatoms. The molecule has 1 saturated heterocycles. The number of likely N-dealkylation sites (tertiary alicyclic amines) is 1. The number of carbonyl (C=O) groups is 1. The van der Waals surface area contributed by atoms with E-state index in [2.05, 4.69) is 18.2 Å². The van der Waals surface area contributed by atoms with Crippen LogP contribution in [0.3, 0.4) is 0 Å². The van der Waals surface area contributed by atoms with Gasteiger partial charge in [0, 0.05) is 18.7 Å². The summed E-state index contributed by atoms with van der Waals surface area (Å²) in [6, 6.07) is 18.2. The van der Waals surface area contributed by atoms with Crippen molar-refractivity contribution in [1.82, 2.24) is 4.90 Å². The molecule has 2 N–H and O–H groups in total. The first kappa shape index (κ1) is 17.5. The Bertz CT molecular complexity index is 645. The highest BCUT2D eigenvalue weighted by Gasteiger charge is 2.27. The number of nitrogens with two attached hydrogens (primary N) is 1. The van der Waals surface area contributed by atoms with Crippen molar-refractivity contribution in [2.24, 2.45) is 11.7 Å². The van der Waals surface area contributed by atoms with Crippen LogP contribution in [-0.4, -0.2) is 30.4 Å². The molecule has 23 heavy (non-hydrogen) atoms. The molecule has 0 bridgehead atoms. The fourth-order valence-electron chi connectivity index (χ4n) is 3.08. The summed E-state index contributed by atoms with van der Waals surface area (Å²) in [6.07, 6.45) is 1.81. The normalized spacial score (nSPS) is 16.9. The molecule has 0 aliphatic carbocycles. The molecule has 2 aromatic carbocycles. The predicted octanol–water partition coefficient (Wildman–Crippen LogP) is 3.12. The van der Waals surface area contributed by atoms with Gasteiger partial charge in [0.15, 0.2) is 0 Å². The lowest BCUT2D eigenvalue weighted by Crippen LogP contribution is -2.30. The summed E-state index contributed by atoms with van der Waals surface area (Å²) in [5, 5.41) is 0. The summed E-state index contributed by atoms with van der Waals surface area (Å²) in [5.41, 5.74) is 8.87. The highest BCUT2D eigenvalue weighted by molar-refractivity contribution is 5.96. The molecule has 3 rings (SSSR count). The Morgan fingerprint density at radius 2 is 1.78 bits per heavy atom. The van der Waals surface area contributed by atoms with E-state index < -0.39 is 0 Å². The van der Waals surface area contributed by atoms with Crippen molar-refractivity contribution < 1.29 is 4.79 Å². The van der Waals surface area contributed by atoms with Gasteiger partial charge in [-0.3, -0.25) is 4.79 Å². The number of hydrogen-bond acceptors (Lipinski definition) is 2. The third-order valence-corrected chi connectivity index (χ3v) is 4.39. The lowest BCUT2D eigenvalue weighted by Gasteiger charge is -2.18. The first-order chi connectivity index (χ1) is 10.8. The number of benzene rings is 2. The Balaban J connectivity index is 0.00000192. The Labute approximate surface area is 143 Å². The number of amides is 1. The van der Waals surface area contributed by atoms with Gasteiger partial charge in [-0.25, -0.2) is 0 Å². The van der Waals surface area contributed by atoms with Gasteiger partial charge in [-0.15, -0.1) is 12.4 Å². The van der Waals surface area contributed by atoms with Gasteiger partial charge in [-0.2, -0.15) is 0 Å². The zero-order valence-corrected chi connectivity index (χ0v) is 14.0. The summed E-state index contributed by atoms with van der Waals surface area (Å²) in [7, 11) is 0. The molecular formula is C19H23ClN2O. The van der Waals surface area contributed by atoms with Gasteiger partial charge in [0.2, 0.25) is 0 Å². The van der Waals surface area contributed by atoms with Crippen molar-refractivity contribution in [2.75, 3.05) is 19.6 Å². The number of halogens is 1. The highest BCUT2D eigenvalue weighted by Crippen LogP contribution is 2.21. The maximum Gasteiger partial charge on any atom is 0.254 e. The second-order valence-electron chi connectivity index (χ2n) is 5.96. The molecule has 1 heterocycles. The van der Waals surface area contributed by atoms with E-state index in [-0.39, 0.29) is 18.3 Å². The van der Waals surface area contributed by atoms with Crippen molar-refractivity contribution >= 4 is 18.3 Å². The monoisotopic (exact) mass is 330 g/mol. The van der Waals surface area contributed by atoms with E-state index in [1.54, 1.807) is 0 Å². The number of hydrogen-bond donors (Lipinski definition) is 1. The molecule has 1 aliphatic rings. The summed E-state index contributed by atoms with van der Waals surface area (Å²) in [6.45, 7) is 2.27.